The number of rotatable bonds is 10. The van der Waals surface area contributed by atoms with Crippen LogP contribution in [0.1, 0.15) is 49.7 Å². The van der Waals surface area contributed by atoms with Gasteiger partial charge in [0, 0.05) is 58.0 Å². The van der Waals surface area contributed by atoms with Crippen LogP contribution in [0, 0.1) is 13.8 Å². The van der Waals surface area contributed by atoms with Gasteiger partial charge in [-0.1, -0.05) is 34.8 Å². The van der Waals surface area contributed by atoms with Gasteiger partial charge >= 0.3 is 12.1 Å². The molecule has 14 nitrogen and oxygen atoms in total. The van der Waals surface area contributed by atoms with Gasteiger partial charge in [-0.2, -0.15) is 0 Å². The van der Waals surface area contributed by atoms with Crippen LogP contribution in [0.4, 0.5) is 42.6 Å². The first-order valence-corrected chi connectivity index (χ1v) is 22.1. The monoisotopic (exact) mass is 842 g/mol. The maximum Gasteiger partial charge on any atom is 0.325 e. The van der Waals surface area contributed by atoms with Crippen molar-refractivity contribution in [2.45, 2.75) is 71.1 Å². The number of aryl methyl sites for hydroxylation is 3. The van der Waals surface area contributed by atoms with E-state index in [0.29, 0.717) is 10.3 Å². The number of anilines is 6. The van der Waals surface area contributed by atoms with Gasteiger partial charge in [-0.15, -0.1) is 0 Å². The van der Waals surface area contributed by atoms with E-state index in [-0.39, 0.29) is 12.1 Å². The molecule has 2 aromatic carbocycles. The summed E-state index contributed by atoms with van der Waals surface area (Å²) >= 11 is 5.85. The Morgan fingerprint density at radius 3 is 1.67 bits per heavy atom. The molecule has 0 saturated carbocycles. The molecule has 0 spiro atoms. The predicted octanol–water partition coefficient (Wildman–Crippen LogP) is 9.93. The van der Waals surface area contributed by atoms with Crippen molar-refractivity contribution < 1.29 is 9.59 Å². The van der Waals surface area contributed by atoms with Gasteiger partial charge < -0.3 is 30.0 Å². The van der Waals surface area contributed by atoms with Crippen LogP contribution in [-0.4, -0.2) is 67.7 Å². The zero-order chi connectivity index (χ0) is 39.6. The SMILES string of the molecule is Cc1ccc(NC(=O)Nc2ncc(Sc3ncc[nH]3)s2)c(N2CCCCC2)c1.Cc1ccc(NC(=O)Nc2ncc(Sc3nccn3C)s2)c(N2CCCCC2)c1. The lowest BCUT2D eigenvalue weighted by molar-refractivity contribution is 0.261. The Morgan fingerprint density at radius 2 is 1.19 bits per heavy atom. The summed E-state index contributed by atoms with van der Waals surface area (Å²) in [5.74, 6) is 0. The average molecular weight is 843 g/mol. The van der Waals surface area contributed by atoms with E-state index >= 15 is 0 Å². The van der Waals surface area contributed by atoms with E-state index in [9.17, 15) is 9.59 Å². The Kier molecular flexibility index (Phi) is 13.7. The van der Waals surface area contributed by atoms with Gasteiger partial charge in [-0.25, -0.2) is 29.5 Å². The van der Waals surface area contributed by atoms with Crippen molar-refractivity contribution >= 4 is 91.3 Å². The molecular weight excluding hydrogens is 797 g/mol. The number of amides is 4. The number of nitrogens with zero attached hydrogens (tertiary/aromatic N) is 7. The topological polar surface area (TPSA) is 161 Å². The summed E-state index contributed by atoms with van der Waals surface area (Å²) < 4.78 is 3.87. The summed E-state index contributed by atoms with van der Waals surface area (Å²) in [5, 5.41) is 14.5. The van der Waals surface area contributed by atoms with E-state index in [2.05, 4.69) is 82.0 Å². The van der Waals surface area contributed by atoms with Gasteiger partial charge in [-0.05, 0) is 111 Å². The highest BCUT2D eigenvalue weighted by atomic mass is 32.2. The summed E-state index contributed by atoms with van der Waals surface area (Å²) in [6, 6.07) is 11.7. The lowest BCUT2D eigenvalue weighted by atomic mass is 10.1. The zero-order valence-electron chi connectivity index (χ0n) is 32.1. The number of hydrogen-bond acceptors (Lipinski definition) is 12. The van der Waals surface area contributed by atoms with Crippen molar-refractivity contribution in [2.75, 3.05) is 57.2 Å². The molecule has 18 heteroatoms. The van der Waals surface area contributed by atoms with E-state index in [0.717, 1.165) is 67.7 Å². The van der Waals surface area contributed by atoms with Gasteiger partial charge in [0.2, 0.25) is 0 Å². The molecule has 4 amide bonds. The third-order valence-electron chi connectivity index (χ3n) is 9.25. The molecule has 2 saturated heterocycles. The Bertz CT molecular complexity index is 2240. The molecule has 2 fully saturated rings. The summed E-state index contributed by atoms with van der Waals surface area (Å²) in [4.78, 5) is 49.9. The van der Waals surface area contributed by atoms with Gasteiger partial charge in [0.15, 0.2) is 20.6 Å². The molecule has 0 atom stereocenters. The highest BCUT2D eigenvalue weighted by Gasteiger charge is 2.19. The summed E-state index contributed by atoms with van der Waals surface area (Å²) in [6.45, 7) is 8.26. The fourth-order valence-corrected chi connectivity index (χ4v) is 9.96. The Morgan fingerprint density at radius 1 is 0.667 bits per heavy atom. The normalized spacial score (nSPS) is 14.1. The first-order valence-electron chi connectivity index (χ1n) is 18.9. The molecule has 0 bridgehead atoms. The summed E-state index contributed by atoms with van der Waals surface area (Å²) in [6.07, 6.45) is 17.9. The van der Waals surface area contributed by atoms with E-state index in [1.165, 1.54) is 95.8 Å². The van der Waals surface area contributed by atoms with Gasteiger partial charge in [0.25, 0.3) is 0 Å². The highest BCUT2D eigenvalue weighted by molar-refractivity contribution is 8.01. The van der Waals surface area contributed by atoms with Crippen molar-refractivity contribution in [2.24, 2.45) is 7.05 Å². The van der Waals surface area contributed by atoms with Gasteiger partial charge in [-0.3, -0.25) is 10.6 Å². The first kappa shape index (κ1) is 40.2. The van der Waals surface area contributed by atoms with Crippen LogP contribution < -0.4 is 31.1 Å². The highest BCUT2D eigenvalue weighted by Crippen LogP contribution is 2.35. The number of imidazole rings is 2. The molecule has 2 aliphatic rings. The minimum atomic E-state index is -0.286. The number of aromatic nitrogens is 6. The molecule has 0 radical (unpaired) electrons. The van der Waals surface area contributed by atoms with Crippen molar-refractivity contribution in [3.8, 4) is 0 Å². The average Bonchev–Trinajstić information content (AvgIpc) is 4.06. The van der Waals surface area contributed by atoms with E-state index < -0.39 is 0 Å². The van der Waals surface area contributed by atoms with Gasteiger partial charge in [0.05, 0.1) is 43.6 Å². The largest absolute Gasteiger partial charge is 0.370 e. The molecule has 0 unspecified atom stereocenters. The number of H-pyrrole nitrogens is 1. The smallest absolute Gasteiger partial charge is 0.325 e. The van der Waals surface area contributed by atoms with Crippen molar-refractivity contribution in [3.05, 3.63) is 84.7 Å². The second kappa shape index (κ2) is 19.4. The molecule has 2 aliphatic heterocycles. The summed E-state index contributed by atoms with van der Waals surface area (Å²) in [5.41, 5.74) is 6.20. The van der Waals surface area contributed by atoms with E-state index in [4.69, 9.17) is 0 Å². The number of hydrogen-bond donors (Lipinski definition) is 5. The van der Waals surface area contributed by atoms with Crippen LogP contribution in [0.3, 0.4) is 0 Å². The van der Waals surface area contributed by atoms with Crippen molar-refractivity contribution in [3.63, 3.8) is 0 Å². The second-order valence-electron chi connectivity index (χ2n) is 13.7. The van der Waals surface area contributed by atoms with Gasteiger partial charge in [0.1, 0.15) is 0 Å². The van der Waals surface area contributed by atoms with Crippen molar-refractivity contribution in [1.29, 1.82) is 0 Å². The van der Waals surface area contributed by atoms with Crippen LogP contribution >= 0.6 is 46.2 Å². The number of carbonyl (C=O) groups is 2. The van der Waals surface area contributed by atoms with Crippen LogP contribution in [0.2, 0.25) is 0 Å². The van der Waals surface area contributed by atoms with Crippen molar-refractivity contribution in [1.82, 2.24) is 29.5 Å². The van der Waals surface area contributed by atoms with Crippen LogP contribution in [0.5, 0.6) is 0 Å². The van der Waals surface area contributed by atoms with E-state index in [1.54, 1.807) is 31.0 Å². The number of aromatic amines is 1. The molecule has 57 heavy (non-hydrogen) atoms. The third-order valence-corrected chi connectivity index (χ3v) is 13.3. The first-order chi connectivity index (χ1) is 27.8. The lowest BCUT2D eigenvalue weighted by Gasteiger charge is -2.30. The fourth-order valence-electron chi connectivity index (χ4n) is 6.46. The Labute approximate surface area is 348 Å². The Balaban J connectivity index is 0.000000174. The minimum Gasteiger partial charge on any atom is -0.370 e. The molecule has 4 aromatic heterocycles. The van der Waals surface area contributed by atoms with E-state index in [1.807, 2.05) is 42.1 Å². The van der Waals surface area contributed by atoms with Crippen LogP contribution in [0.15, 0.2) is 92.3 Å². The molecule has 6 aromatic rings. The fraction of sp³-hybridized carbons (Fsp3) is 0.333. The minimum absolute atomic E-state index is 0.282. The number of carbonyl (C=O) groups excluding carboxylic acids is 2. The van der Waals surface area contributed by atoms with Crippen LogP contribution in [-0.2, 0) is 7.05 Å². The number of nitrogens with one attached hydrogen (secondary N) is 5. The third kappa shape index (κ3) is 11.3. The molecule has 8 rings (SSSR count). The Hall–Kier alpha value is -5.04. The lowest BCUT2D eigenvalue weighted by Crippen LogP contribution is -2.31. The standard InChI is InChI=1S/C20H24N6OS2.C19H22N6OS2/c1-14-6-7-15(16(12-14)26-9-4-3-5-10-26)23-18(27)24-19-22-13-17(28-19)29-20-21-8-11-25(20)2;1-13-5-6-14(15(11-13)25-9-3-2-4-10-25)23-17(26)24-19-22-12-16(28-19)27-18-20-7-8-21-18/h6-8,11-13H,3-5,9-10H2,1-2H3,(H2,22,23,24,27);5-8,11-12H,2-4,9-10H2,1H3,(H,20,21)(H2,22,23,24,26). The zero-order valence-corrected chi connectivity index (χ0v) is 35.3. The molecule has 5 N–H and O–H groups in total. The molecule has 0 aliphatic carbocycles. The number of thiazole rings is 2. The maximum absolute atomic E-state index is 12.6. The number of benzene rings is 2. The predicted molar refractivity (Wildman–Crippen MR) is 234 cm³/mol. The maximum atomic E-state index is 12.6. The molecule has 298 valence electrons. The summed E-state index contributed by atoms with van der Waals surface area (Å²) in [7, 11) is 1.95. The number of piperidine rings is 2. The quantitative estimate of drug-likeness (QED) is 0.0898. The number of urea groups is 2. The molecule has 6 heterocycles. The second-order valence-corrected chi connectivity index (χ2v) is 18.3. The molecular formula is C39H46N12O2S4. The van der Waals surface area contributed by atoms with Crippen LogP contribution in [0.25, 0.3) is 0 Å².